The Labute approximate surface area is 199 Å². The maximum Gasteiger partial charge on any atom is 0.274 e. The molecule has 8 nitrogen and oxygen atoms in total. The Morgan fingerprint density at radius 1 is 1.06 bits per heavy atom. The van der Waals surface area contributed by atoms with Gasteiger partial charge in [0.2, 0.25) is 5.91 Å². The van der Waals surface area contributed by atoms with Crippen LogP contribution in [0.3, 0.4) is 0 Å². The molecule has 34 heavy (non-hydrogen) atoms. The molecular formula is C24H20FN5O3S. The quantitative estimate of drug-likeness (QED) is 0.216. The van der Waals surface area contributed by atoms with Crippen LogP contribution in [-0.2, 0) is 11.3 Å². The molecular weight excluding hydrogens is 457 g/mol. The second-order valence-electron chi connectivity index (χ2n) is 7.43. The van der Waals surface area contributed by atoms with Crippen molar-refractivity contribution in [2.75, 3.05) is 11.1 Å². The number of nitro benzene ring substituents is 1. The lowest BCUT2D eigenvalue weighted by atomic mass is 10.1. The Hall–Kier alpha value is -4.05. The van der Waals surface area contributed by atoms with Crippen LogP contribution in [0.25, 0.3) is 11.4 Å². The highest BCUT2D eigenvalue weighted by Gasteiger charge is 2.18. The van der Waals surface area contributed by atoms with E-state index < -0.39 is 4.92 Å². The summed E-state index contributed by atoms with van der Waals surface area (Å²) in [5.41, 5.74) is 2.43. The fraction of sp³-hybridized carbons (Fsp3) is 0.125. The fourth-order valence-electron chi connectivity index (χ4n) is 3.39. The van der Waals surface area contributed by atoms with Gasteiger partial charge in [0.25, 0.3) is 5.69 Å². The minimum atomic E-state index is -0.483. The van der Waals surface area contributed by atoms with Crippen LogP contribution in [0.4, 0.5) is 15.8 Å². The van der Waals surface area contributed by atoms with Gasteiger partial charge in [0, 0.05) is 11.6 Å². The lowest BCUT2D eigenvalue weighted by Crippen LogP contribution is -2.16. The standard InChI is InChI=1S/C24H20FN5O3S/c1-16-20(8-5-9-21(16)30(32)33)26-22(31)15-34-24-28-27-23(18-10-12-19(25)13-11-18)29(24)14-17-6-3-2-4-7-17/h2-13H,14-15H2,1H3,(H,26,31). The third-order valence-corrected chi connectivity index (χ3v) is 6.08. The number of rotatable bonds is 8. The zero-order valence-corrected chi connectivity index (χ0v) is 19.0. The summed E-state index contributed by atoms with van der Waals surface area (Å²) in [6.07, 6.45) is 0. The maximum absolute atomic E-state index is 13.4. The van der Waals surface area contributed by atoms with E-state index in [4.69, 9.17) is 0 Å². The molecule has 0 unspecified atom stereocenters. The molecule has 172 valence electrons. The van der Waals surface area contributed by atoms with Crippen LogP contribution in [-0.4, -0.2) is 31.3 Å². The highest BCUT2D eigenvalue weighted by atomic mass is 32.2. The number of thioether (sulfide) groups is 1. The van der Waals surface area contributed by atoms with Crippen LogP contribution in [0.2, 0.25) is 0 Å². The molecule has 10 heteroatoms. The van der Waals surface area contributed by atoms with E-state index in [1.54, 1.807) is 25.1 Å². The predicted molar refractivity (Wildman–Crippen MR) is 128 cm³/mol. The summed E-state index contributed by atoms with van der Waals surface area (Å²) in [6, 6.07) is 20.3. The largest absolute Gasteiger partial charge is 0.325 e. The average Bonchev–Trinajstić information content (AvgIpc) is 3.22. The molecule has 3 aromatic carbocycles. The Kier molecular flexibility index (Phi) is 6.98. The molecule has 1 amide bonds. The number of hydrogen-bond donors (Lipinski definition) is 1. The van der Waals surface area contributed by atoms with Gasteiger partial charge in [-0.15, -0.1) is 10.2 Å². The molecule has 1 heterocycles. The van der Waals surface area contributed by atoms with Gasteiger partial charge in [-0.3, -0.25) is 19.5 Å². The van der Waals surface area contributed by atoms with E-state index in [0.717, 1.165) is 5.56 Å². The summed E-state index contributed by atoms with van der Waals surface area (Å²) in [6.45, 7) is 2.06. The number of anilines is 1. The normalized spacial score (nSPS) is 10.8. The summed E-state index contributed by atoms with van der Waals surface area (Å²) in [5.74, 6) is -0.0913. The fourth-order valence-corrected chi connectivity index (χ4v) is 4.13. The van der Waals surface area contributed by atoms with Gasteiger partial charge in [-0.05, 0) is 42.8 Å². The molecule has 0 radical (unpaired) electrons. The number of amides is 1. The smallest absolute Gasteiger partial charge is 0.274 e. The number of benzene rings is 3. The van der Waals surface area contributed by atoms with Crippen molar-refractivity contribution in [2.45, 2.75) is 18.6 Å². The van der Waals surface area contributed by atoms with Crippen molar-refractivity contribution < 1.29 is 14.1 Å². The van der Waals surface area contributed by atoms with Crippen molar-refractivity contribution in [3.63, 3.8) is 0 Å². The van der Waals surface area contributed by atoms with Gasteiger partial charge in [-0.25, -0.2) is 4.39 Å². The third kappa shape index (κ3) is 5.29. The van der Waals surface area contributed by atoms with Gasteiger partial charge >= 0.3 is 0 Å². The van der Waals surface area contributed by atoms with Crippen molar-refractivity contribution >= 4 is 29.0 Å². The molecule has 4 rings (SSSR count). The predicted octanol–water partition coefficient (Wildman–Crippen LogP) is 5.08. The topological polar surface area (TPSA) is 103 Å². The Morgan fingerprint density at radius 2 is 1.79 bits per heavy atom. The number of carbonyl (C=O) groups excluding carboxylic acids is 1. The van der Waals surface area contributed by atoms with E-state index in [-0.39, 0.29) is 23.2 Å². The number of nitrogens with zero attached hydrogens (tertiary/aromatic N) is 4. The summed E-state index contributed by atoms with van der Waals surface area (Å²) < 4.78 is 15.3. The van der Waals surface area contributed by atoms with Crippen molar-refractivity contribution in [2.24, 2.45) is 0 Å². The Balaban J connectivity index is 1.54. The van der Waals surface area contributed by atoms with E-state index in [0.29, 0.717) is 34.3 Å². The van der Waals surface area contributed by atoms with E-state index in [1.807, 2.05) is 34.9 Å². The summed E-state index contributed by atoms with van der Waals surface area (Å²) >= 11 is 1.20. The third-order valence-electron chi connectivity index (χ3n) is 5.11. The minimum Gasteiger partial charge on any atom is -0.325 e. The van der Waals surface area contributed by atoms with E-state index in [9.17, 15) is 19.3 Å². The SMILES string of the molecule is Cc1c(NC(=O)CSc2nnc(-c3ccc(F)cc3)n2Cc2ccccc2)cccc1[N+](=O)[O-]. The van der Waals surface area contributed by atoms with Crippen LogP contribution in [0.5, 0.6) is 0 Å². The molecule has 0 bridgehead atoms. The summed E-state index contributed by atoms with van der Waals surface area (Å²) in [4.78, 5) is 23.3. The number of halogens is 1. The molecule has 0 fully saturated rings. The number of carbonyl (C=O) groups is 1. The van der Waals surface area contributed by atoms with E-state index >= 15 is 0 Å². The lowest BCUT2D eigenvalue weighted by Gasteiger charge is -2.11. The van der Waals surface area contributed by atoms with Gasteiger partial charge in [-0.2, -0.15) is 0 Å². The monoisotopic (exact) mass is 477 g/mol. The van der Waals surface area contributed by atoms with Crippen LogP contribution in [0, 0.1) is 22.9 Å². The van der Waals surface area contributed by atoms with Gasteiger partial charge in [-0.1, -0.05) is 48.2 Å². The summed E-state index contributed by atoms with van der Waals surface area (Å²) in [7, 11) is 0. The van der Waals surface area contributed by atoms with Gasteiger partial charge in [0.1, 0.15) is 5.82 Å². The number of aromatic nitrogens is 3. The number of nitrogens with one attached hydrogen (secondary N) is 1. The highest BCUT2D eigenvalue weighted by Crippen LogP contribution is 2.27. The molecule has 1 N–H and O–H groups in total. The van der Waals surface area contributed by atoms with Crippen LogP contribution >= 0.6 is 11.8 Å². The zero-order chi connectivity index (χ0) is 24.1. The summed E-state index contributed by atoms with van der Waals surface area (Å²) in [5, 5.41) is 22.9. The van der Waals surface area contributed by atoms with Crippen LogP contribution < -0.4 is 5.32 Å². The lowest BCUT2D eigenvalue weighted by molar-refractivity contribution is -0.385. The van der Waals surface area contributed by atoms with E-state index in [1.165, 1.54) is 36.0 Å². The molecule has 0 atom stereocenters. The molecule has 0 aliphatic heterocycles. The average molecular weight is 478 g/mol. The van der Waals surface area contributed by atoms with Crippen LogP contribution in [0.15, 0.2) is 78.0 Å². The molecule has 0 saturated carbocycles. The van der Waals surface area contributed by atoms with Crippen molar-refractivity contribution in [1.82, 2.24) is 14.8 Å². The molecule has 0 aliphatic carbocycles. The zero-order valence-electron chi connectivity index (χ0n) is 18.1. The first-order valence-electron chi connectivity index (χ1n) is 10.3. The van der Waals surface area contributed by atoms with Gasteiger partial charge in [0.15, 0.2) is 11.0 Å². The second-order valence-corrected chi connectivity index (χ2v) is 8.37. The molecule has 1 aromatic heterocycles. The Morgan fingerprint density at radius 3 is 2.50 bits per heavy atom. The van der Waals surface area contributed by atoms with Gasteiger partial charge in [0.05, 0.1) is 28.5 Å². The highest BCUT2D eigenvalue weighted by molar-refractivity contribution is 7.99. The molecule has 4 aromatic rings. The molecule has 0 aliphatic rings. The first kappa shape index (κ1) is 23.1. The van der Waals surface area contributed by atoms with Gasteiger partial charge < -0.3 is 5.32 Å². The first-order valence-corrected chi connectivity index (χ1v) is 11.3. The first-order chi connectivity index (χ1) is 16.4. The Bertz CT molecular complexity index is 1330. The minimum absolute atomic E-state index is 0.0263. The number of hydrogen-bond acceptors (Lipinski definition) is 6. The number of nitro groups is 1. The van der Waals surface area contributed by atoms with Crippen molar-refractivity contribution in [3.05, 3.63) is 99.9 Å². The van der Waals surface area contributed by atoms with E-state index in [2.05, 4.69) is 15.5 Å². The van der Waals surface area contributed by atoms with Crippen molar-refractivity contribution in [3.8, 4) is 11.4 Å². The second kappa shape index (κ2) is 10.3. The van der Waals surface area contributed by atoms with Crippen molar-refractivity contribution in [1.29, 1.82) is 0 Å². The molecule has 0 spiro atoms. The molecule has 0 saturated heterocycles. The maximum atomic E-state index is 13.4. The van der Waals surface area contributed by atoms with Crippen LogP contribution in [0.1, 0.15) is 11.1 Å².